The van der Waals surface area contributed by atoms with E-state index in [9.17, 15) is 0 Å². The van der Waals surface area contributed by atoms with Crippen LogP contribution in [0.2, 0.25) is 0 Å². The highest BCUT2D eigenvalue weighted by atomic mass is 14.6. The first-order valence-electron chi connectivity index (χ1n) is 5.53. The van der Waals surface area contributed by atoms with Gasteiger partial charge in [0.15, 0.2) is 0 Å². The lowest BCUT2D eigenvalue weighted by Gasteiger charge is -2.12. The van der Waals surface area contributed by atoms with Crippen molar-refractivity contribution in [1.82, 2.24) is 0 Å². The molecule has 0 saturated carbocycles. The van der Waals surface area contributed by atoms with Crippen LogP contribution >= 0.6 is 0 Å². The Morgan fingerprint density at radius 1 is 0.750 bits per heavy atom. The topological polar surface area (TPSA) is 26.0 Å². The molecule has 0 saturated heterocycles. The smallest absolute Gasteiger partial charge is 0.0426 e. The Morgan fingerprint density at radius 2 is 1.44 bits per heavy atom. The molecule has 0 aromatic heterocycles. The number of aryl methyl sites for hydroxylation is 2. The normalized spacial score (nSPS) is 10.4. The van der Waals surface area contributed by atoms with Crippen LogP contribution in [0.4, 0.5) is 5.69 Å². The Hall–Kier alpha value is -1.76. The predicted octanol–water partition coefficient (Wildman–Crippen LogP) is 3.86. The zero-order valence-corrected chi connectivity index (χ0v) is 10.0. The minimum absolute atomic E-state index is 0.898. The zero-order chi connectivity index (χ0) is 11.7. The summed E-state index contributed by atoms with van der Waals surface area (Å²) in [7, 11) is 0. The van der Waals surface area contributed by atoms with Crippen molar-refractivity contribution in [3.8, 4) is 11.1 Å². The summed E-state index contributed by atoms with van der Waals surface area (Å²) in [5, 5.41) is 0. The molecule has 1 nitrogen and oxygen atoms in total. The molecule has 0 amide bonds. The molecule has 82 valence electrons. The molecule has 0 aliphatic heterocycles. The lowest BCUT2D eigenvalue weighted by molar-refractivity contribution is 1.34. The summed E-state index contributed by atoms with van der Waals surface area (Å²) >= 11 is 0. The molecule has 2 rings (SSSR count). The minimum atomic E-state index is 0.898. The van der Waals surface area contributed by atoms with E-state index in [-0.39, 0.29) is 0 Å². The molecule has 0 heterocycles. The van der Waals surface area contributed by atoms with Crippen molar-refractivity contribution in [3.63, 3.8) is 0 Å². The maximum Gasteiger partial charge on any atom is 0.0426 e. The van der Waals surface area contributed by atoms with Gasteiger partial charge in [0.1, 0.15) is 0 Å². The molecule has 0 spiro atoms. The maximum absolute atomic E-state index is 6.18. The summed E-state index contributed by atoms with van der Waals surface area (Å²) in [6.07, 6.45) is 0. The molecule has 0 atom stereocenters. The van der Waals surface area contributed by atoms with Crippen LogP contribution in [-0.2, 0) is 0 Å². The van der Waals surface area contributed by atoms with Gasteiger partial charge in [0.05, 0.1) is 0 Å². The number of hydrogen-bond acceptors (Lipinski definition) is 1. The van der Waals surface area contributed by atoms with Crippen LogP contribution in [0.3, 0.4) is 0 Å². The Labute approximate surface area is 96.9 Å². The van der Waals surface area contributed by atoms with Crippen molar-refractivity contribution in [3.05, 3.63) is 53.1 Å². The first kappa shape index (κ1) is 10.7. The fraction of sp³-hybridized carbons (Fsp3) is 0.200. The van der Waals surface area contributed by atoms with E-state index in [1.807, 2.05) is 0 Å². The minimum Gasteiger partial charge on any atom is -0.398 e. The van der Waals surface area contributed by atoms with Crippen molar-refractivity contribution in [2.45, 2.75) is 20.8 Å². The van der Waals surface area contributed by atoms with E-state index >= 15 is 0 Å². The van der Waals surface area contributed by atoms with Gasteiger partial charge in [0.2, 0.25) is 0 Å². The van der Waals surface area contributed by atoms with Crippen LogP contribution in [0, 0.1) is 20.8 Å². The number of hydrogen-bond donors (Lipinski definition) is 1. The Balaban J connectivity index is 2.66. The SMILES string of the molecule is Cc1ccccc1-c1ccc(C)c(C)c1N. The summed E-state index contributed by atoms with van der Waals surface area (Å²) in [5.74, 6) is 0. The second-order valence-corrected chi connectivity index (χ2v) is 4.28. The van der Waals surface area contributed by atoms with Gasteiger partial charge >= 0.3 is 0 Å². The molecule has 0 bridgehead atoms. The molecule has 1 heteroatoms. The lowest BCUT2D eigenvalue weighted by atomic mass is 9.95. The van der Waals surface area contributed by atoms with Crippen LogP contribution in [0.15, 0.2) is 36.4 Å². The van der Waals surface area contributed by atoms with Gasteiger partial charge in [-0.2, -0.15) is 0 Å². The molecule has 16 heavy (non-hydrogen) atoms. The highest BCUT2D eigenvalue weighted by molar-refractivity contribution is 5.81. The average Bonchev–Trinajstić information content (AvgIpc) is 2.28. The second-order valence-electron chi connectivity index (χ2n) is 4.28. The van der Waals surface area contributed by atoms with E-state index in [1.54, 1.807) is 0 Å². The quantitative estimate of drug-likeness (QED) is 0.712. The van der Waals surface area contributed by atoms with Crippen LogP contribution < -0.4 is 5.73 Å². The lowest BCUT2D eigenvalue weighted by Crippen LogP contribution is -1.96. The number of nitrogens with two attached hydrogens (primary N) is 1. The molecule has 0 unspecified atom stereocenters. The largest absolute Gasteiger partial charge is 0.398 e. The van der Waals surface area contributed by atoms with Crippen molar-refractivity contribution >= 4 is 5.69 Å². The second kappa shape index (κ2) is 4.01. The van der Waals surface area contributed by atoms with E-state index in [4.69, 9.17) is 5.73 Å². The van der Waals surface area contributed by atoms with E-state index < -0.39 is 0 Å². The van der Waals surface area contributed by atoms with Gasteiger partial charge in [-0.25, -0.2) is 0 Å². The summed E-state index contributed by atoms with van der Waals surface area (Å²) in [5.41, 5.74) is 13.1. The third-order valence-corrected chi connectivity index (χ3v) is 3.22. The molecular weight excluding hydrogens is 194 g/mol. The van der Waals surface area contributed by atoms with Gasteiger partial charge < -0.3 is 5.73 Å². The van der Waals surface area contributed by atoms with Gasteiger partial charge in [0.25, 0.3) is 0 Å². The monoisotopic (exact) mass is 211 g/mol. The molecular formula is C15H17N. The third kappa shape index (κ3) is 1.69. The van der Waals surface area contributed by atoms with Crippen LogP contribution in [0.25, 0.3) is 11.1 Å². The summed E-state index contributed by atoms with van der Waals surface area (Å²) in [6, 6.07) is 12.6. The Bertz CT molecular complexity index is 527. The Morgan fingerprint density at radius 3 is 2.12 bits per heavy atom. The summed E-state index contributed by atoms with van der Waals surface area (Å²) in [4.78, 5) is 0. The molecule has 0 aliphatic carbocycles. The molecule has 0 radical (unpaired) electrons. The molecule has 0 fully saturated rings. The van der Waals surface area contributed by atoms with Crippen LogP contribution in [0.5, 0.6) is 0 Å². The molecule has 2 aromatic rings. The summed E-state index contributed by atoms with van der Waals surface area (Å²) in [6.45, 7) is 6.28. The van der Waals surface area contributed by atoms with E-state index in [0.717, 1.165) is 11.3 Å². The maximum atomic E-state index is 6.18. The summed E-state index contributed by atoms with van der Waals surface area (Å²) < 4.78 is 0. The predicted molar refractivity (Wildman–Crippen MR) is 70.5 cm³/mol. The van der Waals surface area contributed by atoms with Crippen LogP contribution in [0.1, 0.15) is 16.7 Å². The standard InChI is InChI=1S/C15H17N/c1-10-8-9-14(15(16)12(10)3)13-7-5-4-6-11(13)2/h4-9H,16H2,1-3H3. The molecule has 2 aromatic carbocycles. The number of anilines is 1. The van der Waals surface area contributed by atoms with E-state index in [0.29, 0.717) is 0 Å². The highest BCUT2D eigenvalue weighted by Gasteiger charge is 2.08. The zero-order valence-electron chi connectivity index (χ0n) is 10.0. The number of benzene rings is 2. The molecule has 0 aliphatic rings. The average molecular weight is 211 g/mol. The highest BCUT2D eigenvalue weighted by Crippen LogP contribution is 2.31. The number of nitrogen functional groups attached to an aromatic ring is 1. The van der Waals surface area contributed by atoms with Gasteiger partial charge in [-0.3, -0.25) is 0 Å². The van der Waals surface area contributed by atoms with Gasteiger partial charge in [0, 0.05) is 11.3 Å². The van der Waals surface area contributed by atoms with Crippen molar-refractivity contribution < 1.29 is 0 Å². The number of rotatable bonds is 1. The Kier molecular flexibility index (Phi) is 2.69. The van der Waals surface area contributed by atoms with E-state index in [2.05, 4.69) is 57.2 Å². The fourth-order valence-corrected chi connectivity index (χ4v) is 1.95. The van der Waals surface area contributed by atoms with Crippen molar-refractivity contribution in [1.29, 1.82) is 0 Å². The fourth-order valence-electron chi connectivity index (χ4n) is 1.95. The van der Waals surface area contributed by atoms with Crippen LogP contribution in [-0.4, -0.2) is 0 Å². The first-order chi connectivity index (χ1) is 7.61. The van der Waals surface area contributed by atoms with Gasteiger partial charge in [-0.05, 0) is 43.0 Å². The van der Waals surface area contributed by atoms with Crippen molar-refractivity contribution in [2.75, 3.05) is 5.73 Å². The molecule has 2 N–H and O–H groups in total. The van der Waals surface area contributed by atoms with E-state index in [1.165, 1.54) is 22.3 Å². The third-order valence-electron chi connectivity index (χ3n) is 3.22. The van der Waals surface area contributed by atoms with Crippen molar-refractivity contribution in [2.24, 2.45) is 0 Å². The first-order valence-corrected chi connectivity index (χ1v) is 5.53. The van der Waals surface area contributed by atoms with Gasteiger partial charge in [-0.15, -0.1) is 0 Å². The van der Waals surface area contributed by atoms with Gasteiger partial charge in [-0.1, -0.05) is 36.4 Å².